The molecule has 3 rings (SSSR count). The average molecular weight is 415 g/mol. The van der Waals surface area contributed by atoms with Gasteiger partial charge in [0.25, 0.3) is 5.91 Å². The molecule has 3 N–H and O–H groups in total. The molecule has 1 amide bonds. The maximum absolute atomic E-state index is 12.3. The van der Waals surface area contributed by atoms with Gasteiger partial charge in [0.15, 0.2) is 0 Å². The molecule has 2 aromatic carbocycles. The summed E-state index contributed by atoms with van der Waals surface area (Å²) in [6.07, 6.45) is 1.13. The van der Waals surface area contributed by atoms with Crippen LogP contribution < -0.4 is 20.9 Å². The zero-order valence-electron chi connectivity index (χ0n) is 15.0. The quantitative estimate of drug-likeness (QED) is 0.395. The van der Waals surface area contributed by atoms with E-state index in [1.165, 1.54) is 13.2 Å². The Kier molecular flexibility index (Phi) is 6.05. The van der Waals surface area contributed by atoms with E-state index in [9.17, 15) is 14.9 Å². The number of nitro groups is 1. The third kappa shape index (κ3) is 4.68. The van der Waals surface area contributed by atoms with Crippen LogP contribution in [0.15, 0.2) is 54.9 Å². The number of nitrogens with zero attached hydrogens (tertiary/aromatic N) is 3. The highest BCUT2D eigenvalue weighted by atomic mass is 35.5. The minimum absolute atomic E-state index is 0.0512. The van der Waals surface area contributed by atoms with Crippen LogP contribution in [0.25, 0.3) is 0 Å². The number of ether oxygens (including phenoxy) is 1. The predicted octanol–water partition coefficient (Wildman–Crippen LogP) is 3.55. The van der Waals surface area contributed by atoms with Crippen molar-refractivity contribution in [2.75, 3.05) is 17.9 Å². The van der Waals surface area contributed by atoms with Crippen LogP contribution in [-0.2, 0) is 0 Å². The first-order valence-electron chi connectivity index (χ1n) is 8.21. The smallest absolute Gasteiger partial charge is 0.355 e. The molecule has 0 saturated carbocycles. The van der Waals surface area contributed by atoms with Crippen molar-refractivity contribution in [3.63, 3.8) is 0 Å². The zero-order valence-corrected chi connectivity index (χ0v) is 15.8. The van der Waals surface area contributed by atoms with E-state index in [1.54, 1.807) is 42.5 Å². The molecule has 0 atom stereocenters. The first-order chi connectivity index (χ1) is 14.0. The third-order valence-electron chi connectivity index (χ3n) is 3.77. The number of hydrogen-bond acceptors (Lipinski definition) is 8. The fourth-order valence-corrected chi connectivity index (χ4v) is 2.60. The lowest BCUT2D eigenvalue weighted by Crippen LogP contribution is -2.30. The van der Waals surface area contributed by atoms with Crippen LogP contribution in [0.1, 0.15) is 10.4 Å². The predicted molar refractivity (Wildman–Crippen MR) is 108 cm³/mol. The van der Waals surface area contributed by atoms with E-state index in [2.05, 4.69) is 26.1 Å². The second kappa shape index (κ2) is 8.85. The lowest BCUT2D eigenvalue weighted by Gasteiger charge is -2.11. The number of halogens is 1. The molecule has 1 aromatic heterocycles. The van der Waals surface area contributed by atoms with Crippen molar-refractivity contribution in [2.24, 2.45) is 0 Å². The Bertz CT molecular complexity index is 1040. The SMILES string of the molecule is COc1ccc(Nc2ncnc(NNC(=O)c3ccccc3Cl)c2[N+](=O)[O-])cc1. The zero-order chi connectivity index (χ0) is 20.8. The standard InChI is InChI=1S/C18H15ClN6O4/c1-29-12-8-6-11(7-9-12)22-16-15(25(27)28)17(21-10-20-16)23-24-18(26)13-4-2-3-5-14(13)19/h2-10H,1H3,(H,24,26)(H2,20,21,22,23). The highest BCUT2D eigenvalue weighted by Crippen LogP contribution is 2.31. The number of nitrogens with one attached hydrogen (secondary N) is 3. The summed E-state index contributed by atoms with van der Waals surface area (Å²) in [6.45, 7) is 0. The van der Waals surface area contributed by atoms with Crippen molar-refractivity contribution in [3.05, 3.63) is 75.6 Å². The van der Waals surface area contributed by atoms with E-state index in [4.69, 9.17) is 16.3 Å². The summed E-state index contributed by atoms with van der Waals surface area (Å²) < 4.78 is 5.08. The summed E-state index contributed by atoms with van der Waals surface area (Å²) in [5.74, 6) is -0.184. The van der Waals surface area contributed by atoms with Crippen molar-refractivity contribution in [2.45, 2.75) is 0 Å². The van der Waals surface area contributed by atoms with Crippen molar-refractivity contribution < 1.29 is 14.5 Å². The second-order valence-corrected chi connectivity index (χ2v) is 6.00. The van der Waals surface area contributed by atoms with Crippen molar-refractivity contribution >= 4 is 40.5 Å². The first-order valence-corrected chi connectivity index (χ1v) is 8.58. The maximum atomic E-state index is 12.3. The van der Waals surface area contributed by atoms with E-state index in [0.717, 1.165) is 6.33 Å². The Morgan fingerprint density at radius 1 is 1.10 bits per heavy atom. The number of anilines is 3. The summed E-state index contributed by atoms with van der Waals surface area (Å²) in [6, 6.07) is 13.1. The van der Waals surface area contributed by atoms with Gasteiger partial charge in [-0.25, -0.2) is 9.97 Å². The molecule has 0 saturated heterocycles. The molecule has 0 fully saturated rings. The van der Waals surface area contributed by atoms with Crippen LogP contribution in [0.4, 0.5) is 23.0 Å². The molecule has 0 unspecified atom stereocenters. The number of methoxy groups -OCH3 is 1. The largest absolute Gasteiger partial charge is 0.497 e. The van der Waals surface area contributed by atoms with Gasteiger partial charge in [-0.1, -0.05) is 23.7 Å². The van der Waals surface area contributed by atoms with E-state index in [1.807, 2.05) is 0 Å². The minimum Gasteiger partial charge on any atom is -0.497 e. The molecular formula is C18H15ClN6O4. The monoisotopic (exact) mass is 414 g/mol. The van der Waals surface area contributed by atoms with Crippen LogP contribution in [-0.4, -0.2) is 27.9 Å². The Morgan fingerprint density at radius 2 is 1.79 bits per heavy atom. The van der Waals surface area contributed by atoms with Crippen molar-refractivity contribution in [1.29, 1.82) is 0 Å². The molecule has 3 aromatic rings. The number of hydrazine groups is 1. The Labute approximate surface area is 170 Å². The number of carbonyl (C=O) groups excluding carboxylic acids is 1. The Balaban J connectivity index is 1.82. The normalized spacial score (nSPS) is 10.1. The van der Waals surface area contributed by atoms with Gasteiger partial charge in [-0.15, -0.1) is 0 Å². The van der Waals surface area contributed by atoms with Crippen LogP contribution in [0.2, 0.25) is 5.02 Å². The highest BCUT2D eigenvalue weighted by Gasteiger charge is 2.24. The first kappa shape index (κ1) is 19.8. The summed E-state index contributed by atoms with van der Waals surface area (Å²) >= 11 is 5.98. The minimum atomic E-state index is -0.657. The van der Waals surface area contributed by atoms with Crippen molar-refractivity contribution in [1.82, 2.24) is 15.4 Å². The number of benzene rings is 2. The van der Waals surface area contributed by atoms with Gasteiger partial charge in [0.05, 0.1) is 22.6 Å². The lowest BCUT2D eigenvalue weighted by molar-refractivity contribution is -0.383. The van der Waals surface area contributed by atoms with Gasteiger partial charge < -0.3 is 10.1 Å². The summed E-state index contributed by atoms with van der Waals surface area (Å²) in [4.78, 5) is 31.0. The van der Waals surface area contributed by atoms with Crippen LogP contribution in [0, 0.1) is 10.1 Å². The highest BCUT2D eigenvalue weighted by molar-refractivity contribution is 6.33. The number of rotatable bonds is 7. The van der Waals surface area contributed by atoms with Gasteiger partial charge in [0.2, 0.25) is 11.6 Å². The maximum Gasteiger partial charge on any atom is 0.355 e. The van der Waals surface area contributed by atoms with Crippen LogP contribution in [0.5, 0.6) is 5.75 Å². The van der Waals surface area contributed by atoms with Gasteiger partial charge in [-0.2, -0.15) is 0 Å². The third-order valence-corrected chi connectivity index (χ3v) is 4.10. The molecule has 10 nitrogen and oxygen atoms in total. The molecule has 148 valence electrons. The van der Waals surface area contributed by atoms with Gasteiger partial charge >= 0.3 is 5.69 Å². The fourth-order valence-electron chi connectivity index (χ4n) is 2.37. The van der Waals surface area contributed by atoms with Gasteiger partial charge in [-0.05, 0) is 36.4 Å². The number of amides is 1. The molecule has 11 heteroatoms. The van der Waals surface area contributed by atoms with E-state index >= 15 is 0 Å². The number of aromatic nitrogens is 2. The summed E-state index contributed by atoms with van der Waals surface area (Å²) in [5, 5.41) is 14.7. The number of hydrogen-bond donors (Lipinski definition) is 3. The van der Waals surface area contributed by atoms with Gasteiger partial charge in [-0.3, -0.25) is 25.8 Å². The second-order valence-electron chi connectivity index (χ2n) is 5.59. The molecular weight excluding hydrogens is 400 g/mol. The van der Waals surface area contributed by atoms with Gasteiger partial charge in [0, 0.05) is 5.69 Å². The molecule has 0 bridgehead atoms. The fraction of sp³-hybridized carbons (Fsp3) is 0.0556. The molecule has 0 aliphatic carbocycles. The Hall–Kier alpha value is -3.92. The Morgan fingerprint density at radius 3 is 2.45 bits per heavy atom. The lowest BCUT2D eigenvalue weighted by atomic mass is 10.2. The molecule has 0 spiro atoms. The molecule has 1 heterocycles. The number of carbonyl (C=O) groups is 1. The summed E-state index contributed by atoms with van der Waals surface area (Å²) in [5.41, 5.74) is 5.11. The van der Waals surface area contributed by atoms with Crippen molar-refractivity contribution in [3.8, 4) is 5.75 Å². The molecule has 0 radical (unpaired) electrons. The average Bonchev–Trinajstić information content (AvgIpc) is 2.72. The summed E-state index contributed by atoms with van der Waals surface area (Å²) in [7, 11) is 1.53. The van der Waals surface area contributed by atoms with Crippen LogP contribution in [0.3, 0.4) is 0 Å². The van der Waals surface area contributed by atoms with Crippen LogP contribution >= 0.6 is 11.6 Å². The molecule has 0 aliphatic heterocycles. The van der Waals surface area contributed by atoms with Gasteiger partial charge in [0.1, 0.15) is 12.1 Å². The molecule has 29 heavy (non-hydrogen) atoms. The topological polar surface area (TPSA) is 131 Å². The van der Waals surface area contributed by atoms with E-state index in [0.29, 0.717) is 11.4 Å². The van der Waals surface area contributed by atoms with E-state index < -0.39 is 16.5 Å². The van der Waals surface area contributed by atoms with E-state index in [-0.39, 0.29) is 22.2 Å². The molecule has 0 aliphatic rings.